The molecule has 0 unspecified atom stereocenters. The van der Waals surface area contributed by atoms with E-state index in [-0.39, 0.29) is 10.5 Å². The molecule has 1 heterocycles. The molecule has 0 spiro atoms. The topological polar surface area (TPSA) is 25.8 Å². The summed E-state index contributed by atoms with van der Waals surface area (Å²) in [6, 6.07) is 8.52. The van der Waals surface area contributed by atoms with Gasteiger partial charge in [0.15, 0.2) is 5.82 Å². The van der Waals surface area contributed by atoms with Crippen LogP contribution in [0.1, 0.15) is 11.1 Å². The molecule has 0 atom stereocenters. The summed E-state index contributed by atoms with van der Waals surface area (Å²) < 4.78 is 13.9. The van der Waals surface area contributed by atoms with Crippen molar-refractivity contribution in [2.24, 2.45) is 0 Å². The van der Waals surface area contributed by atoms with Crippen LogP contribution in [0, 0.1) is 19.7 Å². The van der Waals surface area contributed by atoms with E-state index in [1.165, 1.54) is 6.07 Å². The Hall–Kier alpha value is -1.71. The Morgan fingerprint density at radius 3 is 2.43 bits per heavy atom. The van der Waals surface area contributed by atoms with Crippen molar-refractivity contribution in [1.82, 2.24) is 9.97 Å². The van der Waals surface area contributed by atoms with E-state index in [1.54, 1.807) is 18.2 Å². The third kappa shape index (κ3) is 2.47. The molecule has 1 aromatic heterocycles. The summed E-state index contributed by atoms with van der Waals surface area (Å²) in [5.41, 5.74) is 3.12. The molecular formula is C16H11Cl2FN2. The lowest BCUT2D eigenvalue weighted by molar-refractivity contribution is 0.639. The predicted molar refractivity (Wildman–Crippen MR) is 84.4 cm³/mol. The van der Waals surface area contributed by atoms with Gasteiger partial charge in [-0.25, -0.2) is 14.4 Å². The normalized spacial score (nSPS) is 11.1. The van der Waals surface area contributed by atoms with Crippen LogP contribution >= 0.6 is 23.2 Å². The molecule has 0 saturated carbocycles. The highest BCUT2D eigenvalue weighted by Crippen LogP contribution is 2.31. The highest BCUT2D eigenvalue weighted by Gasteiger charge is 2.14. The average molecular weight is 321 g/mol. The van der Waals surface area contributed by atoms with Crippen molar-refractivity contribution in [2.75, 3.05) is 0 Å². The third-order valence-corrected chi connectivity index (χ3v) is 3.91. The SMILES string of the molecule is Cc1ccc(Cl)cc1-c1nc(Cl)c2c(F)ccc(C)c2n1. The van der Waals surface area contributed by atoms with Gasteiger partial charge in [-0.2, -0.15) is 0 Å². The van der Waals surface area contributed by atoms with E-state index < -0.39 is 5.82 Å². The second-order valence-electron chi connectivity index (χ2n) is 4.89. The highest BCUT2D eigenvalue weighted by molar-refractivity contribution is 6.34. The van der Waals surface area contributed by atoms with Gasteiger partial charge in [0.25, 0.3) is 0 Å². The summed E-state index contributed by atoms with van der Waals surface area (Å²) in [6.07, 6.45) is 0. The Labute approximate surface area is 131 Å². The zero-order valence-electron chi connectivity index (χ0n) is 11.4. The minimum atomic E-state index is -0.421. The lowest BCUT2D eigenvalue weighted by Crippen LogP contribution is -1.97. The van der Waals surface area contributed by atoms with Crippen LogP contribution in [0.3, 0.4) is 0 Å². The van der Waals surface area contributed by atoms with Crippen molar-refractivity contribution in [3.63, 3.8) is 0 Å². The van der Waals surface area contributed by atoms with Gasteiger partial charge in [0.1, 0.15) is 11.0 Å². The summed E-state index contributed by atoms with van der Waals surface area (Å²) in [5.74, 6) is 0.0242. The summed E-state index contributed by atoms with van der Waals surface area (Å²) in [5, 5.41) is 0.946. The monoisotopic (exact) mass is 320 g/mol. The van der Waals surface area contributed by atoms with Crippen molar-refractivity contribution < 1.29 is 4.39 Å². The van der Waals surface area contributed by atoms with Gasteiger partial charge in [-0.05, 0) is 43.2 Å². The molecule has 2 aromatic carbocycles. The Kier molecular flexibility index (Phi) is 3.56. The van der Waals surface area contributed by atoms with E-state index in [4.69, 9.17) is 23.2 Å². The van der Waals surface area contributed by atoms with Crippen LogP contribution in [0.15, 0.2) is 30.3 Å². The van der Waals surface area contributed by atoms with E-state index >= 15 is 0 Å². The number of rotatable bonds is 1. The molecule has 0 aliphatic rings. The smallest absolute Gasteiger partial charge is 0.161 e. The zero-order chi connectivity index (χ0) is 15.1. The molecule has 2 nitrogen and oxygen atoms in total. The Morgan fingerprint density at radius 2 is 1.67 bits per heavy atom. The molecule has 5 heteroatoms. The molecule has 0 amide bonds. The number of halogens is 3. The number of hydrogen-bond donors (Lipinski definition) is 0. The van der Waals surface area contributed by atoms with Gasteiger partial charge in [0.05, 0.1) is 10.9 Å². The second kappa shape index (κ2) is 5.24. The first-order chi connectivity index (χ1) is 9.97. The number of nitrogens with zero attached hydrogens (tertiary/aromatic N) is 2. The highest BCUT2D eigenvalue weighted by atomic mass is 35.5. The zero-order valence-corrected chi connectivity index (χ0v) is 12.9. The molecule has 0 aliphatic heterocycles. The lowest BCUT2D eigenvalue weighted by atomic mass is 10.1. The van der Waals surface area contributed by atoms with E-state index in [1.807, 2.05) is 19.9 Å². The summed E-state index contributed by atoms with van der Waals surface area (Å²) in [7, 11) is 0. The van der Waals surface area contributed by atoms with Gasteiger partial charge in [-0.15, -0.1) is 0 Å². The number of hydrogen-bond acceptors (Lipinski definition) is 2. The fraction of sp³-hybridized carbons (Fsp3) is 0.125. The second-order valence-corrected chi connectivity index (χ2v) is 5.68. The molecule has 0 bridgehead atoms. The fourth-order valence-corrected chi connectivity index (χ4v) is 2.68. The van der Waals surface area contributed by atoms with Crippen molar-refractivity contribution in [3.8, 4) is 11.4 Å². The van der Waals surface area contributed by atoms with Crippen LogP contribution in [-0.2, 0) is 0 Å². The van der Waals surface area contributed by atoms with Gasteiger partial charge in [0, 0.05) is 10.6 Å². The molecule has 106 valence electrons. The van der Waals surface area contributed by atoms with Crippen molar-refractivity contribution in [1.29, 1.82) is 0 Å². The third-order valence-electron chi connectivity index (χ3n) is 3.40. The van der Waals surface area contributed by atoms with E-state index in [2.05, 4.69) is 9.97 Å². The van der Waals surface area contributed by atoms with Gasteiger partial charge < -0.3 is 0 Å². The van der Waals surface area contributed by atoms with Crippen LogP contribution in [0.4, 0.5) is 4.39 Å². The van der Waals surface area contributed by atoms with Gasteiger partial charge in [0.2, 0.25) is 0 Å². The fourth-order valence-electron chi connectivity index (χ4n) is 2.25. The maximum atomic E-state index is 13.9. The molecule has 0 radical (unpaired) electrons. The van der Waals surface area contributed by atoms with Crippen molar-refractivity contribution in [3.05, 3.63) is 57.5 Å². The number of fused-ring (bicyclic) bond motifs is 1. The molecule has 3 rings (SSSR count). The van der Waals surface area contributed by atoms with Gasteiger partial charge in [-0.3, -0.25) is 0 Å². The standard InChI is InChI=1S/C16H11Cl2FN2/c1-8-3-5-10(17)7-11(8)16-20-14-9(2)4-6-12(19)13(14)15(18)21-16/h3-7H,1-2H3. The number of benzene rings is 2. The maximum Gasteiger partial charge on any atom is 0.161 e. The first kappa shape index (κ1) is 14.2. The molecule has 3 aromatic rings. The quantitative estimate of drug-likeness (QED) is 0.564. The Bertz CT molecular complexity index is 863. The van der Waals surface area contributed by atoms with Gasteiger partial charge >= 0.3 is 0 Å². The number of aryl methyl sites for hydroxylation is 2. The van der Waals surface area contributed by atoms with E-state index in [0.717, 1.165) is 16.7 Å². The van der Waals surface area contributed by atoms with Crippen LogP contribution in [0.25, 0.3) is 22.3 Å². The first-order valence-electron chi connectivity index (χ1n) is 6.36. The minimum absolute atomic E-state index is 0.107. The van der Waals surface area contributed by atoms with Gasteiger partial charge in [-0.1, -0.05) is 35.3 Å². The molecule has 0 fully saturated rings. The van der Waals surface area contributed by atoms with Crippen molar-refractivity contribution >= 4 is 34.1 Å². The molecule has 0 saturated heterocycles. The Morgan fingerprint density at radius 1 is 0.952 bits per heavy atom. The summed E-state index contributed by atoms with van der Waals surface area (Å²) >= 11 is 12.2. The lowest BCUT2D eigenvalue weighted by Gasteiger charge is -2.09. The largest absolute Gasteiger partial charge is 0.227 e. The molecule has 21 heavy (non-hydrogen) atoms. The number of aromatic nitrogens is 2. The minimum Gasteiger partial charge on any atom is -0.227 e. The summed E-state index contributed by atoms with van der Waals surface area (Å²) in [4.78, 5) is 8.71. The summed E-state index contributed by atoms with van der Waals surface area (Å²) in [6.45, 7) is 3.80. The average Bonchev–Trinajstić information content (AvgIpc) is 2.45. The van der Waals surface area contributed by atoms with Crippen molar-refractivity contribution in [2.45, 2.75) is 13.8 Å². The molecule has 0 aliphatic carbocycles. The van der Waals surface area contributed by atoms with Crippen LogP contribution in [0.2, 0.25) is 10.2 Å². The predicted octanol–water partition coefficient (Wildman–Crippen LogP) is 5.36. The van der Waals surface area contributed by atoms with Crippen LogP contribution < -0.4 is 0 Å². The molecular weight excluding hydrogens is 310 g/mol. The first-order valence-corrected chi connectivity index (χ1v) is 7.12. The Balaban J connectivity index is 2.35. The van der Waals surface area contributed by atoms with Crippen LogP contribution in [0.5, 0.6) is 0 Å². The van der Waals surface area contributed by atoms with E-state index in [9.17, 15) is 4.39 Å². The molecule has 0 N–H and O–H groups in total. The van der Waals surface area contributed by atoms with Crippen LogP contribution in [-0.4, -0.2) is 9.97 Å². The maximum absolute atomic E-state index is 13.9. The van der Waals surface area contributed by atoms with E-state index in [0.29, 0.717) is 16.4 Å².